The van der Waals surface area contributed by atoms with Crippen LogP contribution >= 0.6 is 0 Å². The van der Waals surface area contributed by atoms with Crippen LogP contribution in [0.3, 0.4) is 0 Å². The third kappa shape index (κ3) is 8.35. The summed E-state index contributed by atoms with van der Waals surface area (Å²) in [5.41, 5.74) is 7.41. The van der Waals surface area contributed by atoms with E-state index in [-0.39, 0.29) is 42.3 Å². The molecule has 4 aromatic rings. The van der Waals surface area contributed by atoms with Crippen molar-refractivity contribution < 1.29 is 24.3 Å². The van der Waals surface area contributed by atoms with E-state index >= 15 is 0 Å². The van der Waals surface area contributed by atoms with Gasteiger partial charge in [0, 0.05) is 38.7 Å². The summed E-state index contributed by atoms with van der Waals surface area (Å²) in [5, 5.41) is 18.5. The smallest absolute Gasteiger partial charge is 0.335 e. The number of carboxylic acid groups (broad SMARTS) is 1. The summed E-state index contributed by atoms with van der Waals surface area (Å²) >= 11 is 0. The van der Waals surface area contributed by atoms with E-state index in [2.05, 4.69) is 33.0 Å². The molecule has 270 valence electrons. The molecule has 4 N–H and O–H groups in total. The van der Waals surface area contributed by atoms with Gasteiger partial charge in [0.15, 0.2) is 0 Å². The number of carbonyl (C=O) groups excluding carboxylic acids is 3. The number of aryl methyl sites for hydroxylation is 1. The van der Waals surface area contributed by atoms with Gasteiger partial charge in [-0.15, -0.1) is 0 Å². The number of aromatic carboxylic acids is 1. The summed E-state index contributed by atoms with van der Waals surface area (Å²) in [4.78, 5) is 57.1. The lowest BCUT2D eigenvalue weighted by Crippen LogP contribution is -2.59. The van der Waals surface area contributed by atoms with Crippen molar-refractivity contribution in [1.29, 1.82) is 0 Å². The minimum absolute atomic E-state index is 0.126. The summed E-state index contributed by atoms with van der Waals surface area (Å²) in [6.07, 6.45) is 3.42. The molecule has 1 aliphatic heterocycles. The third-order valence-corrected chi connectivity index (χ3v) is 10.4. The first kappa shape index (κ1) is 36.3. The monoisotopic (exact) mass is 701 g/mol. The van der Waals surface area contributed by atoms with Crippen LogP contribution < -0.4 is 20.9 Å². The minimum Gasteiger partial charge on any atom is -0.478 e. The molecular weight excluding hydrogens is 654 g/mol. The molecule has 52 heavy (non-hydrogen) atoms. The van der Waals surface area contributed by atoms with Gasteiger partial charge in [0.05, 0.1) is 17.6 Å². The number of hydrogen-bond acceptors (Lipinski definition) is 6. The fourth-order valence-corrected chi connectivity index (χ4v) is 7.23. The maximum atomic E-state index is 14.7. The molecule has 0 saturated carbocycles. The van der Waals surface area contributed by atoms with Crippen LogP contribution in [0, 0.1) is 0 Å². The summed E-state index contributed by atoms with van der Waals surface area (Å²) < 4.78 is 0. The van der Waals surface area contributed by atoms with Gasteiger partial charge in [-0.1, -0.05) is 72.8 Å². The number of hydrogen-bond donors (Lipinski definition) is 4. The molecule has 6 rings (SSSR count). The van der Waals surface area contributed by atoms with E-state index < -0.39 is 24.1 Å². The maximum absolute atomic E-state index is 14.7. The number of nitrogens with zero attached hydrogens (tertiary/aromatic N) is 2. The zero-order chi connectivity index (χ0) is 36.8. The lowest BCUT2D eigenvalue weighted by molar-refractivity contribution is -0.145. The number of rotatable bonds is 12. The van der Waals surface area contributed by atoms with Crippen molar-refractivity contribution in [2.45, 2.75) is 76.3 Å². The fourth-order valence-electron chi connectivity index (χ4n) is 7.23. The van der Waals surface area contributed by atoms with Gasteiger partial charge in [-0.05, 0) is 90.9 Å². The van der Waals surface area contributed by atoms with Gasteiger partial charge in [-0.2, -0.15) is 0 Å². The number of benzene rings is 4. The Hall–Kier alpha value is -5.48. The van der Waals surface area contributed by atoms with E-state index in [0.29, 0.717) is 13.0 Å². The van der Waals surface area contributed by atoms with E-state index in [4.69, 9.17) is 0 Å². The van der Waals surface area contributed by atoms with E-state index in [1.54, 1.807) is 43.1 Å². The molecule has 2 aliphatic rings. The Kier molecular flexibility index (Phi) is 11.3. The Balaban J connectivity index is 1.23. The number of carboxylic acids is 1. The highest BCUT2D eigenvalue weighted by atomic mass is 16.4. The average molecular weight is 702 g/mol. The van der Waals surface area contributed by atoms with E-state index in [1.807, 2.05) is 67.7 Å². The quantitative estimate of drug-likeness (QED) is 0.167. The number of carbonyl (C=O) groups is 4. The molecule has 0 spiro atoms. The van der Waals surface area contributed by atoms with E-state index in [0.717, 1.165) is 52.8 Å². The first-order valence-corrected chi connectivity index (χ1v) is 18.0. The normalized spacial score (nSPS) is 17.6. The van der Waals surface area contributed by atoms with Gasteiger partial charge >= 0.3 is 5.97 Å². The van der Waals surface area contributed by atoms with Gasteiger partial charge < -0.3 is 30.9 Å². The second kappa shape index (κ2) is 16.2. The van der Waals surface area contributed by atoms with Gasteiger partial charge in [-0.3, -0.25) is 14.4 Å². The topological polar surface area (TPSA) is 131 Å². The van der Waals surface area contributed by atoms with E-state index in [9.17, 15) is 24.3 Å². The van der Waals surface area contributed by atoms with Crippen molar-refractivity contribution >= 4 is 29.4 Å². The highest BCUT2D eigenvalue weighted by Crippen LogP contribution is 2.31. The Morgan fingerprint density at radius 2 is 1.52 bits per heavy atom. The summed E-state index contributed by atoms with van der Waals surface area (Å²) in [6, 6.07) is 28.5. The highest BCUT2D eigenvalue weighted by Gasteiger charge is 2.39. The highest BCUT2D eigenvalue weighted by molar-refractivity contribution is 5.94. The fraction of sp³-hybridized carbons (Fsp3) is 0.333. The van der Waals surface area contributed by atoms with Gasteiger partial charge in [-0.25, -0.2) is 4.79 Å². The van der Waals surface area contributed by atoms with Crippen molar-refractivity contribution in [3.8, 4) is 0 Å². The zero-order valence-electron chi connectivity index (χ0n) is 30.0. The van der Waals surface area contributed by atoms with Gasteiger partial charge in [0.25, 0.3) is 0 Å². The van der Waals surface area contributed by atoms with E-state index in [1.165, 1.54) is 5.56 Å². The van der Waals surface area contributed by atoms with Crippen LogP contribution in [0.4, 0.5) is 5.69 Å². The summed E-state index contributed by atoms with van der Waals surface area (Å²) in [6.45, 7) is 2.58. The molecule has 0 saturated heterocycles. The van der Waals surface area contributed by atoms with Crippen LogP contribution in [0.15, 0.2) is 97.1 Å². The SMILES string of the molecule is CN[C@@H](C)C(=O)N[C@@H](Cc1ccc(N(C)Cc2ccc(C(=O)O)cc2)cc1)C(=O)N1Cc2ccccc2C[C@H]1C(=O)N[C@@H]1CCCc2ccccc21. The Morgan fingerprint density at radius 3 is 2.21 bits per heavy atom. The molecule has 3 amide bonds. The Morgan fingerprint density at radius 1 is 0.865 bits per heavy atom. The molecule has 1 heterocycles. The molecule has 0 unspecified atom stereocenters. The third-order valence-electron chi connectivity index (χ3n) is 10.4. The van der Waals surface area contributed by atoms with Crippen LogP contribution in [0.25, 0.3) is 0 Å². The van der Waals surface area contributed by atoms with Crippen LogP contribution in [-0.2, 0) is 46.7 Å². The first-order valence-electron chi connectivity index (χ1n) is 18.0. The molecule has 0 fully saturated rings. The van der Waals surface area contributed by atoms with Crippen molar-refractivity contribution in [3.63, 3.8) is 0 Å². The molecule has 4 aromatic carbocycles. The van der Waals surface area contributed by atoms with Crippen molar-refractivity contribution in [2.75, 3.05) is 19.0 Å². The molecule has 4 atom stereocenters. The number of fused-ring (bicyclic) bond motifs is 2. The number of likely N-dealkylation sites (N-methyl/N-ethyl adjacent to an activating group) is 1. The Labute approximate surface area is 305 Å². The van der Waals surface area contributed by atoms with Crippen LogP contribution in [0.1, 0.15) is 69.5 Å². The van der Waals surface area contributed by atoms with Crippen LogP contribution in [0.2, 0.25) is 0 Å². The van der Waals surface area contributed by atoms with Gasteiger partial charge in [0.1, 0.15) is 12.1 Å². The van der Waals surface area contributed by atoms with Crippen molar-refractivity contribution in [3.05, 3.63) is 136 Å². The molecule has 10 heteroatoms. The average Bonchev–Trinajstić information content (AvgIpc) is 3.17. The second-order valence-corrected chi connectivity index (χ2v) is 13.9. The zero-order valence-corrected chi connectivity index (χ0v) is 30.0. The predicted octanol–water partition coefficient (Wildman–Crippen LogP) is 4.80. The maximum Gasteiger partial charge on any atom is 0.335 e. The standard InChI is InChI=1S/C42H47N5O5/c1-27(43-2)39(48)45-37(23-28-17-21-34(22-18-28)46(3)25-29-15-19-31(20-16-29)42(51)52)41(50)47-26-33-11-5-4-10-32(33)24-38(47)40(49)44-36-14-8-12-30-9-6-7-13-35(30)36/h4-7,9-11,13,15-22,27,36-38,43H,8,12,14,23-26H2,1-3H3,(H,44,49)(H,45,48)(H,51,52)/t27-,36+,37-,38-/m0/s1. The second-order valence-electron chi connectivity index (χ2n) is 13.9. The van der Waals surface area contributed by atoms with Gasteiger partial charge in [0.2, 0.25) is 17.7 Å². The predicted molar refractivity (Wildman–Crippen MR) is 201 cm³/mol. The molecule has 0 bridgehead atoms. The minimum atomic E-state index is -0.960. The summed E-state index contributed by atoms with van der Waals surface area (Å²) in [7, 11) is 3.65. The molecule has 10 nitrogen and oxygen atoms in total. The van der Waals surface area contributed by atoms with Crippen molar-refractivity contribution in [1.82, 2.24) is 20.9 Å². The Bertz CT molecular complexity index is 1910. The van der Waals surface area contributed by atoms with Crippen molar-refractivity contribution in [2.24, 2.45) is 0 Å². The molecule has 1 aliphatic carbocycles. The van der Waals surface area contributed by atoms with Crippen LogP contribution in [0.5, 0.6) is 0 Å². The lowest BCUT2D eigenvalue weighted by atomic mass is 9.87. The number of anilines is 1. The van der Waals surface area contributed by atoms with Crippen LogP contribution in [-0.4, -0.2) is 65.9 Å². The largest absolute Gasteiger partial charge is 0.478 e. The lowest BCUT2D eigenvalue weighted by Gasteiger charge is -2.39. The molecule has 0 radical (unpaired) electrons. The molecular formula is C42H47N5O5. The summed E-state index contributed by atoms with van der Waals surface area (Å²) in [5.74, 6) is -1.76. The number of amides is 3. The first-order chi connectivity index (χ1) is 25.1. The number of nitrogens with one attached hydrogen (secondary N) is 3. The molecule has 0 aromatic heterocycles.